The van der Waals surface area contributed by atoms with Crippen LogP contribution in [0.5, 0.6) is 0 Å². The van der Waals surface area contributed by atoms with E-state index >= 15 is 0 Å². The Morgan fingerprint density at radius 2 is 2.27 bits per heavy atom. The van der Waals surface area contributed by atoms with E-state index in [0.717, 1.165) is 24.6 Å². The Morgan fingerprint density at radius 3 is 2.95 bits per heavy atom. The summed E-state index contributed by atoms with van der Waals surface area (Å²) in [4.78, 5) is 15.5. The molecule has 1 saturated heterocycles. The van der Waals surface area contributed by atoms with Gasteiger partial charge in [0.1, 0.15) is 5.65 Å². The van der Waals surface area contributed by atoms with Crippen LogP contribution >= 0.6 is 0 Å². The smallest absolute Gasteiger partial charge is 0.358 e. The van der Waals surface area contributed by atoms with Gasteiger partial charge in [-0.2, -0.15) is 0 Å². The summed E-state index contributed by atoms with van der Waals surface area (Å²) in [6.45, 7) is 1.84. The maximum absolute atomic E-state index is 10.8. The van der Waals surface area contributed by atoms with Crippen LogP contribution in [0.15, 0.2) is 30.7 Å². The Morgan fingerprint density at radius 1 is 1.41 bits per heavy atom. The van der Waals surface area contributed by atoms with E-state index in [9.17, 15) is 4.79 Å². The van der Waals surface area contributed by atoms with Crippen molar-refractivity contribution in [3.05, 3.63) is 47.7 Å². The normalized spacial score (nSPS) is 15.1. The van der Waals surface area contributed by atoms with Crippen LogP contribution in [-0.2, 0) is 11.3 Å². The zero-order chi connectivity index (χ0) is 15.1. The molecule has 0 aromatic carbocycles. The van der Waals surface area contributed by atoms with Crippen molar-refractivity contribution in [1.29, 1.82) is 0 Å². The number of hydrogen-bond donors (Lipinski definition) is 1. The van der Waals surface area contributed by atoms with Gasteiger partial charge in [-0.15, -0.1) is 5.10 Å². The molecule has 8 nitrogen and oxygen atoms in total. The number of carboxylic acid groups (broad SMARTS) is 1. The number of aromatic carboxylic acids is 1. The van der Waals surface area contributed by atoms with Gasteiger partial charge in [0.2, 0.25) is 0 Å². The largest absolute Gasteiger partial charge is 0.476 e. The Bertz CT molecular complexity index is 849. The van der Waals surface area contributed by atoms with Crippen molar-refractivity contribution in [2.24, 2.45) is 0 Å². The monoisotopic (exact) mass is 299 g/mol. The summed E-state index contributed by atoms with van der Waals surface area (Å²) in [7, 11) is 0. The van der Waals surface area contributed by atoms with E-state index in [2.05, 4.69) is 21.4 Å². The second-order valence-corrected chi connectivity index (χ2v) is 5.27. The number of aromatic nitrogens is 5. The molecule has 4 rings (SSSR count). The van der Waals surface area contributed by atoms with Crippen LogP contribution in [0.4, 0.5) is 0 Å². The van der Waals surface area contributed by atoms with Crippen LogP contribution in [0, 0.1) is 0 Å². The summed E-state index contributed by atoms with van der Waals surface area (Å²) in [6.07, 6.45) is 5.26. The molecule has 1 N–H and O–H groups in total. The molecule has 0 unspecified atom stereocenters. The van der Waals surface area contributed by atoms with Gasteiger partial charge in [-0.1, -0.05) is 11.3 Å². The number of hydrogen-bond acceptors (Lipinski definition) is 5. The molecule has 1 aliphatic rings. The van der Waals surface area contributed by atoms with Gasteiger partial charge in [0.15, 0.2) is 5.69 Å². The van der Waals surface area contributed by atoms with Crippen LogP contribution in [-0.4, -0.2) is 48.7 Å². The van der Waals surface area contributed by atoms with Crippen LogP contribution in [0.1, 0.15) is 27.7 Å². The standard InChI is InChI=1S/C14H13N5O3/c20-14(21)12-6-19(17-16-12)5-10-4-18-3-1-2-11(13(18)15-10)9-7-22-8-9/h1-4,6,9H,5,7-8H2,(H,20,21). The lowest BCUT2D eigenvalue weighted by molar-refractivity contribution is 0.00879. The third-order valence-electron chi connectivity index (χ3n) is 3.72. The van der Waals surface area contributed by atoms with Gasteiger partial charge in [-0.05, 0) is 6.07 Å². The van der Waals surface area contributed by atoms with E-state index in [1.165, 1.54) is 16.4 Å². The summed E-state index contributed by atoms with van der Waals surface area (Å²) in [5.41, 5.74) is 2.81. The highest BCUT2D eigenvalue weighted by Gasteiger charge is 2.23. The SMILES string of the molecule is O=C(O)c1cn(Cc2cn3cccc(C4COC4)c3n2)nn1. The molecule has 0 amide bonds. The van der Waals surface area contributed by atoms with Crippen molar-refractivity contribution in [1.82, 2.24) is 24.4 Å². The van der Waals surface area contributed by atoms with E-state index in [1.54, 1.807) is 0 Å². The fourth-order valence-electron chi connectivity index (χ4n) is 2.54. The molecule has 4 heterocycles. The number of rotatable bonds is 4. The van der Waals surface area contributed by atoms with Gasteiger partial charge in [0.25, 0.3) is 0 Å². The van der Waals surface area contributed by atoms with E-state index in [1.807, 2.05) is 22.9 Å². The van der Waals surface area contributed by atoms with Crippen LogP contribution in [0.25, 0.3) is 5.65 Å². The lowest BCUT2D eigenvalue weighted by atomic mass is 9.99. The Balaban J connectivity index is 1.65. The minimum absolute atomic E-state index is 0.0731. The second-order valence-electron chi connectivity index (χ2n) is 5.27. The average molecular weight is 299 g/mol. The Labute approximate surface area is 125 Å². The van der Waals surface area contributed by atoms with Crippen molar-refractivity contribution in [2.45, 2.75) is 12.5 Å². The average Bonchev–Trinajstić information content (AvgIpc) is 3.04. The highest BCUT2D eigenvalue weighted by Crippen LogP contribution is 2.27. The van der Waals surface area contributed by atoms with Crippen molar-refractivity contribution in [3.63, 3.8) is 0 Å². The number of ether oxygens (including phenoxy) is 1. The van der Waals surface area contributed by atoms with E-state index < -0.39 is 5.97 Å². The van der Waals surface area contributed by atoms with E-state index in [0.29, 0.717) is 12.5 Å². The highest BCUT2D eigenvalue weighted by atomic mass is 16.5. The number of nitrogens with zero attached hydrogens (tertiary/aromatic N) is 5. The predicted molar refractivity (Wildman–Crippen MR) is 74.8 cm³/mol. The molecule has 0 spiro atoms. The van der Waals surface area contributed by atoms with Gasteiger partial charge >= 0.3 is 5.97 Å². The Hall–Kier alpha value is -2.74. The summed E-state index contributed by atoms with van der Waals surface area (Å²) in [5.74, 6) is -0.697. The summed E-state index contributed by atoms with van der Waals surface area (Å²) < 4.78 is 8.69. The van der Waals surface area contributed by atoms with Gasteiger partial charge in [0, 0.05) is 23.9 Å². The molecular formula is C14H13N5O3. The van der Waals surface area contributed by atoms with E-state index in [4.69, 9.17) is 9.84 Å². The number of pyridine rings is 1. The minimum Gasteiger partial charge on any atom is -0.476 e. The fraction of sp³-hybridized carbons (Fsp3) is 0.286. The topological polar surface area (TPSA) is 94.5 Å². The van der Waals surface area contributed by atoms with Crippen molar-refractivity contribution in [2.75, 3.05) is 13.2 Å². The first-order valence-electron chi connectivity index (χ1n) is 6.88. The van der Waals surface area contributed by atoms with Gasteiger partial charge in [-0.25, -0.2) is 14.5 Å². The van der Waals surface area contributed by atoms with Crippen LogP contribution in [0.3, 0.4) is 0 Å². The zero-order valence-corrected chi connectivity index (χ0v) is 11.6. The van der Waals surface area contributed by atoms with E-state index in [-0.39, 0.29) is 5.69 Å². The highest BCUT2D eigenvalue weighted by molar-refractivity contribution is 5.84. The minimum atomic E-state index is -1.09. The number of imidazole rings is 1. The second kappa shape index (κ2) is 4.92. The van der Waals surface area contributed by atoms with Gasteiger partial charge in [0.05, 0.1) is 31.6 Å². The number of carboxylic acids is 1. The Kier molecular flexibility index (Phi) is 2.90. The summed E-state index contributed by atoms with van der Waals surface area (Å²) in [6, 6.07) is 4.06. The van der Waals surface area contributed by atoms with Crippen LogP contribution in [0.2, 0.25) is 0 Å². The maximum atomic E-state index is 10.8. The van der Waals surface area contributed by atoms with Crippen LogP contribution < -0.4 is 0 Å². The third kappa shape index (κ3) is 2.13. The van der Waals surface area contributed by atoms with Crippen molar-refractivity contribution < 1.29 is 14.6 Å². The quantitative estimate of drug-likeness (QED) is 0.765. The lowest BCUT2D eigenvalue weighted by Crippen LogP contribution is -2.25. The summed E-state index contributed by atoms with van der Waals surface area (Å²) in [5, 5.41) is 16.3. The molecule has 3 aromatic rings. The number of carbonyl (C=O) groups is 1. The molecule has 22 heavy (non-hydrogen) atoms. The van der Waals surface area contributed by atoms with Gasteiger partial charge in [-0.3, -0.25) is 0 Å². The molecule has 1 fully saturated rings. The van der Waals surface area contributed by atoms with Crippen molar-refractivity contribution >= 4 is 11.6 Å². The molecule has 0 atom stereocenters. The maximum Gasteiger partial charge on any atom is 0.358 e. The number of fused-ring (bicyclic) bond motifs is 1. The predicted octanol–water partition coefficient (Wildman–Crippen LogP) is 0.786. The molecule has 3 aromatic heterocycles. The third-order valence-corrected chi connectivity index (χ3v) is 3.72. The molecule has 0 bridgehead atoms. The molecule has 0 radical (unpaired) electrons. The first-order chi connectivity index (χ1) is 10.7. The fourth-order valence-corrected chi connectivity index (χ4v) is 2.54. The summed E-state index contributed by atoms with van der Waals surface area (Å²) >= 11 is 0. The molecule has 0 aliphatic carbocycles. The molecule has 1 aliphatic heterocycles. The molecule has 8 heteroatoms. The van der Waals surface area contributed by atoms with Crippen molar-refractivity contribution in [3.8, 4) is 0 Å². The molecule has 112 valence electrons. The first-order valence-corrected chi connectivity index (χ1v) is 6.88. The lowest BCUT2D eigenvalue weighted by Gasteiger charge is -2.26. The molecule has 0 saturated carbocycles. The van der Waals surface area contributed by atoms with Gasteiger partial charge < -0.3 is 14.2 Å². The first kappa shape index (κ1) is 13.0. The zero-order valence-electron chi connectivity index (χ0n) is 11.6. The molecular weight excluding hydrogens is 286 g/mol.